The summed E-state index contributed by atoms with van der Waals surface area (Å²) in [7, 11) is 3.03. The Hall–Kier alpha value is -2.17. The molecule has 84 valence electrons. The van der Waals surface area contributed by atoms with Crippen molar-refractivity contribution in [3.05, 3.63) is 29.8 Å². The van der Waals surface area contributed by atoms with Crippen LogP contribution < -0.4 is 9.57 Å². The summed E-state index contributed by atoms with van der Waals surface area (Å²) in [6, 6.07) is 6.59. The second-order valence-corrected chi connectivity index (χ2v) is 3.24. The van der Waals surface area contributed by atoms with Crippen molar-refractivity contribution in [2.24, 2.45) is 0 Å². The van der Waals surface area contributed by atoms with Gasteiger partial charge in [0.05, 0.1) is 18.2 Å². The van der Waals surface area contributed by atoms with E-state index in [2.05, 4.69) is 0 Å². The third-order valence-corrected chi connectivity index (χ3v) is 2.37. The van der Waals surface area contributed by atoms with Gasteiger partial charge in [-0.3, -0.25) is 0 Å². The summed E-state index contributed by atoms with van der Waals surface area (Å²) in [5.41, 5.74) is 0.880. The first kappa shape index (κ1) is 10.4. The molecule has 16 heavy (non-hydrogen) atoms. The third-order valence-electron chi connectivity index (χ3n) is 2.37. The topological polar surface area (TPSA) is 60.7 Å². The Labute approximate surface area is 91.8 Å². The Morgan fingerprint density at radius 2 is 2.06 bits per heavy atom. The molecular weight excluding hydrogens is 210 g/mol. The zero-order valence-electron chi connectivity index (χ0n) is 8.93. The van der Waals surface area contributed by atoms with Crippen molar-refractivity contribution in [1.82, 2.24) is 4.73 Å². The molecule has 0 spiro atoms. The van der Waals surface area contributed by atoms with Crippen LogP contribution in [0.25, 0.3) is 10.9 Å². The molecule has 0 aliphatic carbocycles. The van der Waals surface area contributed by atoms with E-state index in [0.717, 1.165) is 5.39 Å². The van der Waals surface area contributed by atoms with E-state index in [1.807, 2.05) is 0 Å². The van der Waals surface area contributed by atoms with Crippen LogP contribution in [-0.2, 0) is 0 Å². The fourth-order valence-electron chi connectivity index (χ4n) is 1.62. The van der Waals surface area contributed by atoms with Gasteiger partial charge in [0, 0.05) is 11.5 Å². The van der Waals surface area contributed by atoms with E-state index in [0.29, 0.717) is 11.4 Å². The van der Waals surface area contributed by atoms with Gasteiger partial charge >= 0.3 is 5.97 Å². The fourth-order valence-corrected chi connectivity index (χ4v) is 1.62. The number of nitrogens with zero attached hydrogens (tertiary/aromatic N) is 1. The van der Waals surface area contributed by atoms with Gasteiger partial charge in [-0.15, -0.1) is 4.73 Å². The second kappa shape index (κ2) is 3.77. The van der Waals surface area contributed by atoms with Crippen molar-refractivity contribution in [3.63, 3.8) is 0 Å². The second-order valence-electron chi connectivity index (χ2n) is 3.24. The molecule has 0 amide bonds. The predicted octanol–water partition coefficient (Wildman–Crippen LogP) is 1.41. The van der Waals surface area contributed by atoms with Crippen molar-refractivity contribution in [2.45, 2.75) is 0 Å². The van der Waals surface area contributed by atoms with E-state index >= 15 is 0 Å². The number of carboxylic acid groups (broad SMARTS) is 1. The first-order valence-electron chi connectivity index (χ1n) is 4.64. The van der Waals surface area contributed by atoms with Gasteiger partial charge in [-0.05, 0) is 12.1 Å². The highest BCUT2D eigenvalue weighted by atomic mass is 16.7. The number of hydrogen-bond acceptors (Lipinski definition) is 3. The summed E-state index contributed by atoms with van der Waals surface area (Å²) < 4.78 is 6.56. The molecule has 5 nitrogen and oxygen atoms in total. The van der Waals surface area contributed by atoms with Gasteiger partial charge in [-0.1, -0.05) is 6.07 Å². The van der Waals surface area contributed by atoms with E-state index < -0.39 is 5.97 Å². The molecule has 0 bridgehead atoms. The van der Waals surface area contributed by atoms with E-state index in [4.69, 9.17) is 14.7 Å². The van der Waals surface area contributed by atoms with Gasteiger partial charge in [-0.2, -0.15) is 0 Å². The lowest BCUT2D eigenvalue weighted by Crippen LogP contribution is -2.07. The van der Waals surface area contributed by atoms with Crippen LogP contribution in [0, 0.1) is 0 Å². The molecule has 0 saturated carbocycles. The molecular formula is C11H11NO4. The van der Waals surface area contributed by atoms with Crippen molar-refractivity contribution >= 4 is 16.9 Å². The lowest BCUT2D eigenvalue weighted by Gasteiger charge is -2.06. The van der Waals surface area contributed by atoms with Crippen LogP contribution in [0.5, 0.6) is 5.88 Å². The Morgan fingerprint density at radius 1 is 1.31 bits per heavy atom. The summed E-state index contributed by atoms with van der Waals surface area (Å²) in [6.07, 6.45) is 0. The van der Waals surface area contributed by atoms with Crippen LogP contribution in [0.2, 0.25) is 0 Å². The highest BCUT2D eigenvalue weighted by Crippen LogP contribution is 2.25. The van der Waals surface area contributed by atoms with Crippen LogP contribution in [0.1, 0.15) is 10.4 Å². The average molecular weight is 221 g/mol. The van der Waals surface area contributed by atoms with Crippen molar-refractivity contribution in [3.8, 4) is 5.88 Å². The third kappa shape index (κ3) is 1.46. The molecule has 0 saturated heterocycles. The maximum absolute atomic E-state index is 10.8. The maximum Gasteiger partial charge on any atom is 0.335 e. The molecule has 1 aromatic carbocycles. The first-order valence-corrected chi connectivity index (χ1v) is 4.64. The van der Waals surface area contributed by atoms with Gasteiger partial charge in [0.1, 0.15) is 7.11 Å². The minimum atomic E-state index is -0.968. The minimum absolute atomic E-state index is 0.214. The number of aromatic nitrogens is 1. The maximum atomic E-state index is 10.8. The molecule has 0 aliphatic heterocycles. The van der Waals surface area contributed by atoms with E-state index in [9.17, 15) is 4.79 Å². The molecule has 1 aromatic heterocycles. The van der Waals surface area contributed by atoms with Gasteiger partial charge in [0.2, 0.25) is 5.88 Å². The van der Waals surface area contributed by atoms with E-state index in [-0.39, 0.29) is 5.56 Å². The Balaban J connectivity index is 2.70. The number of carbonyl (C=O) groups is 1. The number of hydrogen-bond donors (Lipinski definition) is 1. The Bertz CT molecular complexity index is 544. The largest absolute Gasteiger partial charge is 0.480 e. The smallest absolute Gasteiger partial charge is 0.335 e. The number of fused-ring (bicyclic) bond motifs is 1. The first-order chi connectivity index (χ1) is 7.67. The molecule has 0 radical (unpaired) electrons. The molecule has 0 unspecified atom stereocenters. The lowest BCUT2D eigenvalue weighted by molar-refractivity contribution is 0.0697. The van der Waals surface area contributed by atoms with Gasteiger partial charge in [0.15, 0.2) is 0 Å². The van der Waals surface area contributed by atoms with Crippen molar-refractivity contribution in [1.29, 1.82) is 0 Å². The summed E-state index contributed by atoms with van der Waals surface area (Å²) in [6.45, 7) is 0. The normalized spacial score (nSPS) is 10.4. The molecule has 0 atom stereocenters. The summed E-state index contributed by atoms with van der Waals surface area (Å²) >= 11 is 0. The highest BCUT2D eigenvalue weighted by molar-refractivity contribution is 5.94. The van der Waals surface area contributed by atoms with Crippen LogP contribution >= 0.6 is 0 Å². The quantitative estimate of drug-likeness (QED) is 0.851. The zero-order chi connectivity index (χ0) is 11.7. The average Bonchev–Trinajstić information content (AvgIpc) is 2.65. The van der Waals surface area contributed by atoms with Crippen molar-refractivity contribution < 1.29 is 19.5 Å². The number of methoxy groups -OCH3 is 1. The lowest BCUT2D eigenvalue weighted by atomic mass is 10.2. The molecule has 0 fully saturated rings. The molecule has 2 rings (SSSR count). The van der Waals surface area contributed by atoms with Crippen LogP contribution in [0.4, 0.5) is 0 Å². The summed E-state index contributed by atoms with van der Waals surface area (Å²) in [4.78, 5) is 16.0. The van der Waals surface area contributed by atoms with E-state index in [1.165, 1.54) is 19.0 Å². The minimum Gasteiger partial charge on any atom is -0.480 e. The Kier molecular flexibility index (Phi) is 2.44. The Morgan fingerprint density at radius 3 is 2.62 bits per heavy atom. The predicted molar refractivity (Wildman–Crippen MR) is 58.0 cm³/mol. The molecule has 1 heterocycles. The monoisotopic (exact) mass is 221 g/mol. The summed E-state index contributed by atoms with van der Waals surface area (Å²) in [5, 5.41) is 9.76. The number of aromatic carboxylic acids is 1. The van der Waals surface area contributed by atoms with Gasteiger partial charge in [0.25, 0.3) is 0 Å². The van der Waals surface area contributed by atoms with Crippen LogP contribution in [0.15, 0.2) is 24.3 Å². The van der Waals surface area contributed by atoms with Crippen LogP contribution in [-0.4, -0.2) is 30.0 Å². The summed E-state index contributed by atoms with van der Waals surface area (Å²) in [5.74, 6) is -0.440. The molecule has 5 heteroatoms. The molecule has 0 aliphatic rings. The number of benzene rings is 1. The number of rotatable bonds is 3. The van der Waals surface area contributed by atoms with Gasteiger partial charge in [-0.25, -0.2) is 4.79 Å². The highest BCUT2D eigenvalue weighted by Gasteiger charge is 2.12. The zero-order valence-corrected chi connectivity index (χ0v) is 8.93. The standard InChI is InChI=1S/C11H11NO4/c1-15-10-6-7-3-4-8(11(13)14)5-9(7)12(10)16-2/h3-6H,1-2H3,(H,13,14). The number of carboxylic acids is 1. The molecule has 1 N–H and O–H groups in total. The van der Waals surface area contributed by atoms with E-state index in [1.54, 1.807) is 24.3 Å². The number of ether oxygens (including phenoxy) is 1. The van der Waals surface area contributed by atoms with Crippen molar-refractivity contribution in [2.75, 3.05) is 14.2 Å². The SMILES string of the molecule is COc1cc2ccc(C(=O)O)cc2n1OC. The molecule has 2 aromatic rings. The van der Waals surface area contributed by atoms with Gasteiger partial charge < -0.3 is 14.7 Å². The fraction of sp³-hybridized carbons (Fsp3) is 0.182. The van der Waals surface area contributed by atoms with Crippen LogP contribution in [0.3, 0.4) is 0 Å².